The van der Waals surface area contributed by atoms with E-state index in [0.717, 1.165) is 0 Å². The highest BCUT2D eigenvalue weighted by Gasteiger charge is 2.44. The molecule has 6 nitrogen and oxygen atoms in total. The number of rotatable bonds is 6. The van der Waals surface area contributed by atoms with Crippen LogP contribution in [0.4, 0.5) is 0 Å². The van der Waals surface area contributed by atoms with E-state index < -0.39 is 27.2 Å². The second kappa shape index (κ2) is 6.87. The van der Waals surface area contributed by atoms with Crippen molar-refractivity contribution >= 4 is 16.0 Å². The zero-order valence-electron chi connectivity index (χ0n) is 11.3. The third-order valence-electron chi connectivity index (χ3n) is 3.52. The van der Waals surface area contributed by atoms with E-state index in [1.54, 1.807) is 6.92 Å². The quantitative estimate of drug-likeness (QED) is 0.677. The normalized spacial score (nSPS) is 23.3. The number of esters is 1. The van der Waals surface area contributed by atoms with Gasteiger partial charge in [0.15, 0.2) is 0 Å². The number of sulfonamides is 1. The summed E-state index contributed by atoms with van der Waals surface area (Å²) >= 11 is 0. The van der Waals surface area contributed by atoms with Gasteiger partial charge in [-0.25, -0.2) is 12.7 Å². The molecule has 19 heavy (non-hydrogen) atoms. The van der Waals surface area contributed by atoms with Gasteiger partial charge in [0.1, 0.15) is 0 Å². The molecule has 1 fully saturated rings. The molecule has 0 aromatic rings. The maximum absolute atomic E-state index is 12.5. The second-order valence-corrected chi connectivity index (χ2v) is 6.70. The zero-order valence-corrected chi connectivity index (χ0v) is 12.1. The van der Waals surface area contributed by atoms with Crippen LogP contribution in [-0.4, -0.2) is 44.1 Å². The average molecular weight is 288 g/mol. The molecule has 0 aromatic heterocycles. The van der Waals surface area contributed by atoms with E-state index in [9.17, 15) is 13.2 Å². The number of hydrogen-bond donors (Lipinski definition) is 0. The summed E-state index contributed by atoms with van der Waals surface area (Å²) in [4.78, 5) is 11.6. The van der Waals surface area contributed by atoms with Gasteiger partial charge in [0.25, 0.3) is 0 Å². The number of methoxy groups -OCH3 is 1. The molecule has 0 N–H and O–H groups in total. The summed E-state index contributed by atoms with van der Waals surface area (Å²) in [6, 6.07) is 1.94. The Labute approximate surface area is 114 Å². The fourth-order valence-electron chi connectivity index (χ4n) is 2.54. The summed E-state index contributed by atoms with van der Waals surface area (Å²) in [5.41, 5.74) is 0. The molecule has 1 rings (SSSR count). The number of hydrogen-bond acceptors (Lipinski definition) is 5. The minimum absolute atomic E-state index is 0.155. The van der Waals surface area contributed by atoms with Crippen molar-refractivity contribution in [1.82, 2.24) is 4.31 Å². The van der Waals surface area contributed by atoms with Crippen molar-refractivity contribution in [3.63, 3.8) is 0 Å². The van der Waals surface area contributed by atoms with Crippen LogP contribution in [0.1, 0.15) is 32.6 Å². The van der Waals surface area contributed by atoms with E-state index in [0.29, 0.717) is 25.8 Å². The number of ether oxygens (including phenoxy) is 1. The van der Waals surface area contributed by atoms with Gasteiger partial charge >= 0.3 is 5.97 Å². The summed E-state index contributed by atoms with van der Waals surface area (Å²) in [5, 5.41) is 7.86. The first-order valence-electron chi connectivity index (χ1n) is 6.42. The Morgan fingerprint density at radius 1 is 1.47 bits per heavy atom. The Hall–Kier alpha value is -1.13. The van der Waals surface area contributed by atoms with E-state index in [1.165, 1.54) is 11.4 Å². The van der Waals surface area contributed by atoms with Crippen molar-refractivity contribution < 1.29 is 17.9 Å². The fourth-order valence-corrected chi connectivity index (χ4v) is 4.75. The molecule has 108 valence electrons. The average Bonchev–Trinajstić information content (AvgIpc) is 2.88. The largest absolute Gasteiger partial charge is 0.469 e. The summed E-state index contributed by atoms with van der Waals surface area (Å²) < 4.78 is 31.0. The topological polar surface area (TPSA) is 87.5 Å². The van der Waals surface area contributed by atoms with E-state index in [-0.39, 0.29) is 13.0 Å². The van der Waals surface area contributed by atoms with Crippen molar-refractivity contribution in [2.24, 2.45) is 5.92 Å². The smallest absolute Gasteiger partial charge is 0.310 e. The first-order valence-corrected chi connectivity index (χ1v) is 7.93. The van der Waals surface area contributed by atoms with Crippen molar-refractivity contribution in [2.45, 2.75) is 37.9 Å². The molecule has 0 bridgehead atoms. The molecule has 2 atom stereocenters. The number of nitrogens with zero attached hydrogens (tertiary/aromatic N) is 2. The van der Waals surface area contributed by atoms with Crippen molar-refractivity contribution in [2.75, 3.05) is 20.2 Å². The molecule has 0 saturated heterocycles. The van der Waals surface area contributed by atoms with Crippen molar-refractivity contribution in [3.05, 3.63) is 0 Å². The van der Waals surface area contributed by atoms with Crippen LogP contribution < -0.4 is 0 Å². The molecule has 0 radical (unpaired) electrons. The van der Waals surface area contributed by atoms with Crippen molar-refractivity contribution in [3.8, 4) is 6.07 Å². The van der Waals surface area contributed by atoms with Gasteiger partial charge in [0, 0.05) is 19.5 Å². The Morgan fingerprint density at radius 2 is 2.16 bits per heavy atom. The first kappa shape index (κ1) is 15.9. The highest BCUT2D eigenvalue weighted by Crippen LogP contribution is 2.33. The SMILES string of the molecule is CCN(CCC#N)S(=O)(=O)C1CCCC1C(=O)OC. The van der Waals surface area contributed by atoms with Crippen LogP contribution in [0.3, 0.4) is 0 Å². The number of nitriles is 1. The second-order valence-electron chi connectivity index (χ2n) is 4.54. The molecule has 1 aliphatic carbocycles. The van der Waals surface area contributed by atoms with Crippen LogP contribution in [-0.2, 0) is 19.6 Å². The summed E-state index contributed by atoms with van der Waals surface area (Å²) in [5.74, 6) is -1.03. The van der Waals surface area contributed by atoms with Gasteiger partial charge in [-0.1, -0.05) is 13.3 Å². The van der Waals surface area contributed by atoms with Gasteiger partial charge in [0.2, 0.25) is 10.0 Å². The van der Waals surface area contributed by atoms with Gasteiger partial charge in [-0.2, -0.15) is 5.26 Å². The third kappa shape index (κ3) is 3.45. The Balaban J connectivity index is 2.91. The van der Waals surface area contributed by atoms with Gasteiger partial charge in [-0.15, -0.1) is 0 Å². The Bertz CT molecular complexity index is 455. The predicted octanol–water partition coefficient (Wildman–Crippen LogP) is 0.893. The molecular weight excluding hydrogens is 268 g/mol. The highest BCUT2D eigenvalue weighted by molar-refractivity contribution is 7.89. The lowest BCUT2D eigenvalue weighted by atomic mass is 10.1. The van der Waals surface area contributed by atoms with Gasteiger partial charge in [-0.3, -0.25) is 4.79 Å². The Kier molecular flexibility index (Phi) is 5.76. The molecule has 1 saturated carbocycles. The molecule has 0 spiro atoms. The van der Waals surface area contributed by atoms with Crippen LogP contribution in [0.25, 0.3) is 0 Å². The van der Waals surface area contributed by atoms with E-state index in [2.05, 4.69) is 4.74 Å². The minimum Gasteiger partial charge on any atom is -0.469 e. The van der Waals surface area contributed by atoms with Crippen LogP contribution in [0, 0.1) is 17.2 Å². The van der Waals surface area contributed by atoms with Crippen LogP contribution >= 0.6 is 0 Å². The number of carbonyl (C=O) groups is 1. The van der Waals surface area contributed by atoms with Crippen LogP contribution in [0.15, 0.2) is 0 Å². The third-order valence-corrected chi connectivity index (χ3v) is 6.01. The molecule has 0 aromatic carbocycles. The van der Waals surface area contributed by atoms with Gasteiger partial charge < -0.3 is 4.74 Å². The summed E-state index contributed by atoms with van der Waals surface area (Å²) in [6.07, 6.45) is 1.89. The van der Waals surface area contributed by atoms with E-state index >= 15 is 0 Å². The molecule has 0 heterocycles. The molecule has 2 unspecified atom stereocenters. The predicted molar refractivity (Wildman–Crippen MR) is 69.5 cm³/mol. The van der Waals surface area contributed by atoms with Gasteiger partial charge in [0.05, 0.1) is 24.3 Å². The standard InChI is InChI=1S/C12H20N2O4S/c1-3-14(9-5-8-13)19(16,17)11-7-4-6-10(11)12(15)18-2/h10-11H,3-7,9H2,1-2H3. The highest BCUT2D eigenvalue weighted by atomic mass is 32.2. The summed E-state index contributed by atoms with van der Waals surface area (Å²) in [7, 11) is -2.27. The number of carbonyl (C=O) groups excluding carboxylic acids is 1. The molecule has 7 heteroatoms. The molecule has 0 aliphatic heterocycles. The monoisotopic (exact) mass is 288 g/mol. The molecule has 0 amide bonds. The first-order chi connectivity index (χ1) is 8.98. The van der Waals surface area contributed by atoms with Crippen LogP contribution in [0.2, 0.25) is 0 Å². The van der Waals surface area contributed by atoms with Crippen molar-refractivity contribution in [1.29, 1.82) is 5.26 Å². The maximum Gasteiger partial charge on any atom is 0.310 e. The minimum atomic E-state index is -3.55. The fraction of sp³-hybridized carbons (Fsp3) is 0.833. The lowest BCUT2D eigenvalue weighted by Gasteiger charge is -2.26. The van der Waals surface area contributed by atoms with Gasteiger partial charge in [-0.05, 0) is 12.8 Å². The van der Waals surface area contributed by atoms with Crippen LogP contribution in [0.5, 0.6) is 0 Å². The van der Waals surface area contributed by atoms with E-state index in [1.807, 2.05) is 6.07 Å². The lowest BCUT2D eigenvalue weighted by molar-refractivity contribution is -0.145. The van der Waals surface area contributed by atoms with E-state index in [4.69, 9.17) is 5.26 Å². The lowest BCUT2D eigenvalue weighted by Crippen LogP contribution is -2.42. The Morgan fingerprint density at radius 3 is 2.68 bits per heavy atom. The zero-order chi connectivity index (χ0) is 14.5. The molecular formula is C12H20N2O4S. The molecule has 1 aliphatic rings. The summed E-state index contributed by atoms with van der Waals surface area (Å²) in [6.45, 7) is 2.23. The maximum atomic E-state index is 12.5.